The molecule has 1 aliphatic heterocycles. The summed E-state index contributed by atoms with van der Waals surface area (Å²) in [5.41, 5.74) is 8.71. The summed E-state index contributed by atoms with van der Waals surface area (Å²) in [4.78, 5) is 13.5. The first-order valence-electron chi connectivity index (χ1n) is 9.17. The predicted octanol–water partition coefficient (Wildman–Crippen LogP) is 3.66. The normalized spacial score (nSPS) is 16.2. The van der Waals surface area contributed by atoms with Gasteiger partial charge in [-0.1, -0.05) is 33.8 Å². The van der Waals surface area contributed by atoms with Gasteiger partial charge in [0.05, 0.1) is 17.8 Å². The van der Waals surface area contributed by atoms with Crippen LogP contribution in [0.25, 0.3) is 0 Å². The third kappa shape index (κ3) is 5.11. The highest BCUT2D eigenvalue weighted by Gasteiger charge is 2.27. The minimum Gasteiger partial charge on any atom is -0.481 e. The minimum atomic E-state index is -0.795. The van der Waals surface area contributed by atoms with Gasteiger partial charge in [0.2, 0.25) is 0 Å². The summed E-state index contributed by atoms with van der Waals surface area (Å²) in [6, 6.07) is 6.48. The SMILES string of the molecule is CC(C)CN(c1ccc(C(C)(C)CC(=O)O)cc1N)C1CCOCC1. The first-order valence-corrected chi connectivity index (χ1v) is 9.17. The van der Waals surface area contributed by atoms with Crippen LogP contribution in [0, 0.1) is 5.92 Å². The van der Waals surface area contributed by atoms with E-state index in [0.29, 0.717) is 12.0 Å². The van der Waals surface area contributed by atoms with Crippen LogP contribution in [-0.2, 0) is 14.9 Å². The quantitative estimate of drug-likeness (QED) is 0.736. The van der Waals surface area contributed by atoms with Crippen molar-refractivity contribution in [3.05, 3.63) is 23.8 Å². The Morgan fingerprint density at radius 2 is 2.00 bits per heavy atom. The number of carboxylic acids is 1. The molecule has 3 N–H and O–H groups in total. The van der Waals surface area contributed by atoms with Gasteiger partial charge in [0.1, 0.15) is 0 Å². The molecule has 1 saturated heterocycles. The second kappa shape index (κ2) is 8.09. The summed E-state index contributed by atoms with van der Waals surface area (Å²) in [5, 5.41) is 9.14. The molecule has 1 aliphatic rings. The van der Waals surface area contributed by atoms with E-state index in [2.05, 4.69) is 24.8 Å². The number of rotatable bonds is 7. The fraction of sp³-hybridized carbons (Fsp3) is 0.650. The Kier molecular flexibility index (Phi) is 6.33. The molecule has 0 spiro atoms. The Hall–Kier alpha value is -1.75. The average molecular weight is 348 g/mol. The van der Waals surface area contributed by atoms with E-state index in [1.54, 1.807) is 0 Å². The number of aliphatic carboxylic acids is 1. The largest absolute Gasteiger partial charge is 0.481 e. The monoisotopic (exact) mass is 348 g/mol. The molecular weight excluding hydrogens is 316 g/mol. The average Bonchev–Trinajstić information content (AvgIpc) is 2.52. The van der Waals surface area contributed by atoms with E-state index in [0.717, 1.165) is 49.5 Å². The van der Waals surface area contributed by atoms with Gasteiger partial charge in [-0.2, -0.15) is 0 Å². The van der Waals surface area contributed by atoms with E-state index in [1.807, 2.05) is 26.0 Å². The van der Waals surface area contributed by atoms with Crippen molar-refractivity contribution in [3.8, 4) is 0 Å². The molecule has 140 valence electrons. The Balaban J connectivity index is 2.30. The molecule has 1 fully saturated rings. The topological polar surface area (TPSA) is 75.8 Å². The number of hydrogen-bond acceptors (Lipinski definition) is 4. The lowest BCUT2D eigenvalue weighted by atomic mass is 9.81. The van der Waals surface area contributed by atoms with E-state index in [-0.39, 0.29) is 6.42 Å². The fourth-order valence-electron chi connectivity index (χ4n) is 3.55. The first-order chi connectivity index (χ1) is 11.7. The number of carbonyl (C=O) groups is 1. The van der Waals surface area contributed by atoms with Gasteiger partial charge in [-0.25, -0.2) is 0 Å². The molecule has 0 atom stereocenters. The van der Waals surface area contributed by atoms with Gasteiger partial charge < -0.3 is 20.5 Å². The number of nitrogens with zero attached hydrogens (tertiary/aromatic N) is 1. The van der Waals surface area contributed by atoms with Crippen molar-refractivity contribution in [3.63, 3.8) is 0 Å². The van der Waals surface area contributed by atoms with Crippen molar-refractivity contribution in [1.82, 2.24) is 0 Å². The van der Waals surface area contributed by atoms with Crippen LogP contribution in [0.3, 0.4) is 0 Å². The molecule has 0 amide bonds. The molecule has 0 unspecified atom stereocenters. The molecule has 25 heavy (non-hydrogen) atoms. The maximum atomic E-state index is 11.1. The highest BCUT2D eigenvalue weighted by atomic mass is 16.5. The van der Waals surface area contributed by atoms with Gasteiger partial charge in [-0.05, 0) is 36.5 Å². The van der Waals surface area contributed by atoms with Gasteiger partial charge in [-0.15, -0.1) is 0 Å². The van der Waals surface area contributed by atoms with Crippen molar-refractivity contribution in [2.45, 2.75) is 58.4 Å². The third-order valence-electron chi connectivity index (χ3n) is 4.91. The summed E-state index contributed by atoms with van der Waals surface area (Å²) in [7, 11) is 0. The zero-order chi connectivity index (χ0) is 18.6. The molecule has 0 radical (unpaired) electrons. The predicted molar refractivity (Wildman–Crippen MR) is 102 cm³/mol. The molecule has 0 aromatic heterocycles. The summed E-state index contributed by atoms with van der Waals surface area (Å²) < 4.78 is 5.51. The van der Waals surface area contributed by atoms with E-state index >= 15 is 0 Å². The number of anilines is 2. The maximum Gasteiger partial charge on any atom is 0.304 e. The zero-order valence-corrected chi connectivity index (χ0v) is 15.9. The van der Waals surface area contributed by atoms with Crippen molar-refractivity contribution in [2.75, 3.05) is 30.4 Å². The first kappa shape index (κ1) is 19.6. The molecule has 0 bridgehead atoms. The highest BCUT2D eigenvalue weighted by Crippen LogP contribution is 2.35. The number of benzene rings is 1. The van der Waals surface area contributed by atoms with Crippen molar-refractivity contribution < 1.29 is 14.6 Å². The van der Waals surface area contributed by atoms with Crippen LogP contribution in [0.1, 0.15) is 52.5 Å². The van der Waals surface area contributed by atoms with Gasteiger partial charge in [-0.3, -0.25) is 4.79 Å². The van der Waals surface area contributed by atoms with Gasteiger partial charge in [0.15, 0.2) is 0 Å². The van der Waals surface area contributed by atoms with Crippen LogP contribution in [0.4, 0.5) is 11.4 Å². The summed E-state index contributed by atoms with van der Waals surface area (Å²) >= 11 is 0. The summed E-state index contributed by atoms with van der Waals surface area (Å²) in [6.45, 7) is 10.9. The lowest BCUT2D eigenvalue weighted by Gasteiger charge is -2.38. The van der Waals surface area contributed by atoms with Crippen LogP contribution in [-0.4, -0.2) is 36.9 Å². The fourth-order valence-corrected chi connectivity index (χ4v) is 3.55. The lowest BCUT2D eigenvalue weighted by molar-refractivity contribution is -0.138. The Bertz CT molecular complexity index is 593. The van der Waals surface area contributed by atoms with Crippen molar-refractivity contribution in [1.29, 1.82) is 0 Å². The lowest BCUT2D eigenvalue weighted by Crippen LogP contribution is -2.42. The Morgan fingerprint density at radius 1 is 1.36 bits per heavy atom. The van der Waals surface area contributed by atoms with E-state index in [1.165, 1.54) is 0 Å². The standard InChI is InChI=1S/C20H32N2O3/c1-14(2)13-22(16-7-9-25-10-8-16)18-6-5-15(11-17(18)21)20(3,4)12-19(23)24/h5-6,11,14,16H,7-10,12-13,21H2,1-4H3,(H,23,24). The molecule has 0 saturated carbocycles. The van der Waals surface area contributed by atoms with E-state index < -0.39 is 11.4 Å². The summed E-state index contributed by atoms with van der Waals surface area (Å²) in [5.74, 6) is -0.262. The second-order valence-electron chi connectivity index (χ2n) is 8.12. The molecule has 1 aromatic carbocycles. The van der Waals surface area contributed by atoms with Crippen LogP contribution in [0.15, 0.2) is 18.2 Å². The van der Waals surface area contributed by atoms with Crippen molar-refractivity contribution in [2.24, 2.45) is 5.92 Å². The van der Waals surface area contributed by atoms with Crippen molar-refractivity contribution >= 4 is 17.3 Å². The number of hydrogen-bond donors (Lipinski definition) is 2. The number of nitrogen functional groups attached to an aromatic ring is 1. The molecule has 2 rings (SSSR count). The number of ether oxygens (including phenoxy) is 1. The van der Waals surface area contributed by atoms with Crippen LogP contribution < -0.4 is 10.6 Å². The molecule has 5 nitrogen and oxygen atoms in total. The van der Waals surface area contributed by atoms with Gasteiger partial charge >= 0.3 is 5.97 Å². The minimum absolute atomic E-state index is 0.0848. The van der Waals surface area contributed by atoms with Crippen LogP contribution in [0.2, 0.25) is 0 Å². The molecular formula is C20H32N2O3. The second-order valence-corrected chi connectivity index (χ2v) is 8.12. The molecule has 0 aliphatic carbocycles. The van der Waals surface area contributed by atoms with Crippen LogP contribution >= 0.6 is 0 Å². The van der Waals surface area contributed by atoms with Gasteiger partial charge in [0.25, 0.3) is 0 Å². The molecule has 5 heteroatoms. The Labute approximate surface area is 151 Å². The maximum absolute atomic E-state index is 11.1. The van der Waals surface area contributed by atoms with E-state index in [9.17, 15) is 4.79 Å². The summed E-state index contributed by atoms with van der Waals surface area (Å²) in [6.07, 6.45) is 2.11. The van der Waals surface area contributed by atoms with Crippen LogP contribution in [0.5, 0.6) is 0 Å². The molecule has 1 heterocycles. The smallest absolute Gasteiger partial charge is 0.304 e. The third-order valence-corrected chi connectivity index (χ3v) is 4.91. The zero-order valence-electron chi connectivity index (χ0n) is 15.9. The Morgan fingerprint density at radius 3 is 2.52 bits per heavy atom. The van der Waals surface area contributed by atoms with E-state index in [4.69, 9.17) is 15.6 Å². The highest BCUT2D eigenvalue weighted by molar-refractivity contribution is 5.72. The number of nitrogens with two attached hydrogens (primary N) is 1. The number of carboxylic acid groups (broad SMARTS) is 1. The molecule has 1 aromatic rings. The van der Waals surface area contributed by atoms with Gasteiger partial charge in [0, 0.05) is 31.2 Å².